The fourth-order valence-corrected chi connectivity index (χ4v) is 2.49. The van der Waals surface area contributed by atoms with Crippen LogP contribution >= 0.6 is 7.82 Å². The molecule has 0 radical (unpaired) electrons. The standard InChI is InChI=1S/C21H21O4P/c1-16-4-10-19(11-5-16)23-26(22,24-20-12-6-17(2)7-13-20)25-21-14-8-18(3)9-15-21/h4-15H,1-3H3/i1D3,2D3,3D3,4D,5D,6D,7D,8D,9D,10D,11D,12D,13D,14D,15D. The van der Waals surface area contributed by atoms with Crippen LogP contribution in [0.1, 0.15) is 45.5 Å². The van der Waals surface area contributed by atoms with Gasteiger partial charge in [0.25, 0.3) is 0 Å². The first kappa shape index (κ1) is 5.40. The van der Waals surface area contributed by atoms with Crippen LogP contribution in [0.25, 0.3) is 0 Å². The topological polar surface area (TPSA) is 44.8 Å². The van der Waals surface area contributed by atoms with Gasteiger partial charge in [0.2, 0.25) is 0 Å². The third-order valence-corrected chi connectivity index (χ3v) is 3.63. The second-order valence-electron chi connectivity index (χ2n) is 4.33. The van der Waals surface area contributed by atoms with Crippen LogP contribution in [0.4, 0.5) is 0 Å². The number of phosphoric ester groups is 1. The minimum Gasteiger partial charge on any atom is -0.386 e. The van der Waals surface area contributed by atoms with Crippen molar-refractivity contribution in [1.82, 2.24) is 0 Å². The SMILES string of the molecule is [2H]c1c([2H])c(C([2H])([2H])[2H])c([2H])c([2H])c1OP(=O)(Oc1c([2H])c([2H])c(C([2H])([2H])[2H])c([2H])c1[2H])Oc1c([2H])c([2H])c(C([2H])([2H])[2H])c([2H])c1[2H]. The number of hydrogen-bond donors (Lipinski definition) is 0. The van der Waals surface area contributed by atoms with Gasteiger partial charge in [-0.25, -0.2) is 0 Å². The lowest BCUT2D eigenvalue weighted by atomic mass is 10.2. The first-order valence-corrected chi connectivity index (χ1v) is 8.05. The summed E-state index contributed by atoms with van der Waals surface area (Å²) < 4.78 is 195. The van der Waals surface area contributed by atoms with Crippen LogP contribution in [0.15, 0.2) is 72.5 Å². The van der Waals surface area contributed by atoms with E-state index < -0.39 is 135 Å². The Morgan fingerprint density at radius 1 is 0.615 bits per heavy atom. The van der Waals surface area contributed by atoms with Crippen LogP contribution in [0.5, 0.6) is 17.2 Å². The summed E-state index contributed by atoms with van der Waals surface area (Å²) in [7, 11) is -5.98. The molecule has 0 saturated carbocycles. The smallest absolute Gasteiger partial charge is 0.386 e. The molecule has 0 aliphatic heterocycles. The Hall–Kier alpha value is -2.71. The molecule has 0 amide bonds. The van der Waals surface area contributed by atoms with E-state index in [1.165, 1.54) is 0 Å². The monoisotopic (exact) mass is 389 g/mol. The molecule has 0 aliphatic carbocycles. The lowest BCUT2D eigenvalue weighted by molar-refractivity contribution is 0.298. The molecule has 5 heteroatoms. The zero-order valence-corrected chi connectivity index (χ0v) is 13.5. The summed E-state index contributed by atoms with van der Waals surface area (Å²) in [5.74, 6) is -4.04. The Morgan fingerprint density at radius 3 is 1.12 bits per heavy atom. The van der Waals surface area contributed by atoms with Crippen LogP contribution < -0.4 is 13.6 Å². The van der Waals surface area contributed by atoms with Gasteiger partial charge < -0.3 is 13.6 Å². The van der Waals surface area contributed by atoms with Crippen molar-refractivity contribution in [3.63, 3.8) is 0 Å². The van der Waals surface area contributed by atoms with Crippen molar-refractivity contribution in [3.05, 3.63) is 89.2 Å². The zero-order valence-electron chi connectivity index (χ0n) is 33.6. The van der Waals surface area contributed by atoms with E-state index in [2.05, 4.69) is 0 Å². The van der Waals surface area contributed by atoms with E-state index in [0.29, 0.717) is 0 Å². The summed E-state index contributed by atoms with van der Waals surface area (Å²) in [5.41, 5.74) is -3.26. The molecule has 0 saturated heterocycles. The average molecular weight is 389 g/mol. The summed E-state index contributed by atoms with van der Waals surface area (Å²) in [6, 6.07) is -15.1. The minimum atomic E-state index is -5.98. The average Bonchev–Trinajstić information content (AvgIpc) is 2.91. The molecule has 0 unspecified atom stereocenters. The second kappa shape index (κ2) is 7.67. The summed E-state index contributed by atoms with van der Waals surface area (Å²) in [6.07, 6.45) is 0. The fraction of sp³-hybridized carbons (Fsp3) is 0.143. The van der Waals surface area contributed by atoms with E-state index in [0.717, 1.165) is 0 Å². The van der Waals surface area contributed by atoms with Gasteiger partial charge in [0.15, 0.2) is 0 Å². The number of hydrogen-bond acceptors (Lipinski definition) is 4. The van der Waals surface area contributed by atoms with Crippen molar-refractivity contribution in [1.29, 1.82) is 0 Å². The van der Waals surface area contributed by atoms with Crippen LogP contribution in [-0.2, 0) is 4.57 Å². The third-order valence-electron chi connectivity index (χ3n) is 2.42. The van der Waals surface area contributed by atoms with Crippen LogP contribution in [-0.4, -0.2) is 0 Å². The van der Waals surface area contributed by atoms with Gasteiger partial charge in [0.05, 0.1) is 16.4 Å². The number of benzene rings is 3. The quantitative estimate of drug-likeness (QED) is 0.467. The second-order valence-corrected chi connectivity index (χ2v) is 5.78. The van der Waals surface area contributed by atoms with Gasteiger partial charge in [-0.05, 0) is 56.8 Å². The predicted octanol–water partition coefficient (Wildman–Crippen LogP) is 6.26. The molecule has 0 heterocycles. The van der Waals surface area contributed by atoms with Crippen molar-refractivity contribution < 1.29 is 46.9 Å². The first-order chi connectivity index (χ1) is 21.1. The summed E-state index contributed by atoms with van der Waals surface area (Å²) >= 11 is 0. The molecule has 0 spiro atoms. The molecule has 0 bridgehead atoms. The Kier molecular flexibility index (Phi) is 1.59. The highest BCUT2D eigenvalue weighted by Gasteiger charge is 2.33. The highest BCUT2D eigenvalue weighted by atomic mass is 31.2. The fourth-order valence-electron chi connectivity index (χ4n) is 1.43. The van der Waals surface area contributed by atoms with Crippen LogP contribution in [0.3, 0.4) is 0 Å². The molecule has 26 heavy (non-hydrogen) atoms. The van der Waals surface area contributed by atoms with Crippen LogP contribution in [0, 0.1) is 20.6 Å². The van der Waals surface area contributed by atoms with Gasteiger partial charge in [-0.1, -0.05) is 52.9 Å². The molecular weight excluding hydrogens is 347 g/mol. The van der Waals surface area contributed by atoms with Crippen molar-refractivity contribution in [2.45, 2.75) is 20.6 Å². The molecule has 3 rings (SSSR count). The summed E-state index contributed by atoms with van der Waals surface area (Å²) in [6.45, 7) is -9.60. The van der Waals surface area contributed by atoms with Crippen LogP contribution in [0.2, 0.25) is 0 Å². The Morgan fingerprint density at radius 2 is 0.885 bits per heavy atom. The van der Waals surface area contributed by atoms with Gasteiger partial charge in [0, 0.05) is 12.3 Å². The predicted molar refractivity (Wildman–Crippen MR) is 103 cm³/mol. The van der Waals surface area contributed by atoms with Gasteiger partial charge in [-0.3, -0.25) is 0 Å². The van der Waals surface area contributed by atoms with E-state index in [4.69, 9.17) is 42.4 Å². The third kappa shape index (κ3) is 4.90. The maximum atomic E-state index is 14.3. The normalized spacial score (nSPS) is 24.1. The molecule has 0 atom stereocenters. The lowest BCUT2D eigenvalue weighted by Crippen LogP contribution is -2.07. The number of phosphoric acid groups is 1. The molecule has 0 fully saturated rings. The van der Waals surface area contributed by atoms with Gasteiger partial charge in [-0.15, -0.1) is 0 Å². The van der Waals surface area contributed by atoms with Crippen molar-refractivity contribution in [2.24, 2.45) is 0 Å². The maximum absolute atomic E-state index is 14.3. The first-order valence-electron chi connectivity index (χ1n) is 17.1. The Bertz CT molecular complexity index is 1530. The van der Waals surface area contributed by atoms with E-state index in [-0.39, 0.29) is 0 Å². The van der Waals surface area contributed by atoms with Gasteiger partial charge in [0.1, 0.15) is 17.2 Å². The molecule has 134 valence electrons. The molecular formula is C21H21O4P. The van der Waals surface area contributed by atoms with E-state index >= 15 is 0 Å². The van der Waals surface area contributed by atoms with Gasteiger partial charge in [-0.2, -0.15) is 4.57 Å². The lowest BCUT2D eigenvalue weighted by Gasteiger charge is -2.19. The zero-order chi connectivity index (χ0) is 36.5. The molecule has 4 nitrogen and oxygen atoms in total. The minimum absolute atomic E-state index is 1.09. The highest BCUT2D eigenvalue weighted by Crippen LogP contribution is 2.49. The summed E-state index contributed by atoms with van der Waals surface area (Å²) in [4.78, 5) is 0. The van der Waals surface area contributed by atoms with Gasteiger partial charge >= 0.3 is 7.82 Å². The summed E-state index contributed by atoms with van der Waals surface area (Å²) in [5, 5.41) is 0. The number of rotatable bonds is 6. The van der Waals surface area contributed by atoms with E-state index in [9.17, 15) is 4.57 Å². The Labute approximate surface area is 183 Å². The van der Waals surface area contributed by atoms with Crippen molar-refractivity contribution in [2.75, 3.05) is 0 Å². The molecule has 0 aromatic heterocycles. The van der Waals surface area contributed by atoms with E-state index in [1.54, 1.807) is 0 Å². The highest BCUT2D eigenvalue weighted by molar-refractivity contribution is 7.49. The van der Waals surface area contributed by atoms with Crippen molar-refractivity contribution in [3.8, 4) is 17.2 Å². The molecule has 3 aromatic carbocycles. The Balaban J connectivity index is 2.40. The maximum Gasteiger partial charge on any atom is 0.647 e. The molecule has 0 aliphatic rings. The van der Waals surface area contributed by atoms with Crippen molar-refractivity contribution >= 4 is 7.82 Å². The molecule has 3 aromatic rings. The largest absolute Gasteiger partial charge is 0.647 e. The van der Waals surface area contributed by atoms with E-state index in [1.807, 2.05) is 0 Å². The molecule has 0 N–H and O–H groups in total.